The van der Waals surface area contributed by atoms with Gasteiger partial charge in [-0.2, -0.15) is 0 Å². The maximum absolute atomic E-state index is 11.2. The molecule has 12 heavy (non-hydrogen) atoms. The van der Waals surface area contributed by atoms with Crippen molar-refractivity contribution in [1.82, 2.24) is 0 Å². The van der Waals surface area contributed by atoms with E-state index in [1.807, 2.05) is 25.1 Å². The first-order valence-electron chi connectivity index (χ1n) is 3.81. The summed E-state index contributed by atoms with van der Waals surface area (Å²) in [4.78, 5) is 11.2. The van der Waals surface area contributed by atoms with Crippen molar-refractivity contribution in [2.75, 3.05) is 0 Å². The lowest BCUT2D eigenvalue weighted by molar-refractivity contribution is -0.126. The number of hydrogen-bond donors (Lipinski definition) is 0. The van der Waals surface area contributed by atoms with E-state index >= 15 is 0 Å². The topological polar surface area (TPSA) is 26.3 Å². The summed E-state index contributed by atoms with van der Waals surface area (Å²) < 4.78 is 5.00. The summed E-state index contributed by atoms with van der Waals surface area (Å²) in [6.45, 7) is 1.83. The summed E-state index contributed by atoms with van der Waals surface area (Å²) in [5.74, 6) is 0.411. The Bertz CT molecular complexity index is 364. The first kappa shape index (κ1) is 7.10. The number of benzene rings is 1. The van der Waals surface area contributed by atoms with Gasteiger partial charge in [0.25, 0.3) is 0 Å². The van der Waals surface area contributed by atoms with Crippen LogP contribution < -0.4 is 4.74 Å². The van der Waals surface area contributed by atoms with E-state index in [1.54, 1.807) is 12.1 Å². The molecule has 0 radical (unpaired) electrons. The molecule has 0 saturated carbocycles. The predicted octanol–water partition coefficient (Wildman–Crippen LogP) is 2.01. The minimum absolute atomic E-state index is 0.251. The fourth-order valence-electron chi connectivity index (χ4n) is 1.32. The fourth-order valence-corrected chi connectivity index (χ4v) is 1.32. The lowest BCUT2D eigenvalue weighted by Crippen LogP contribution is -1.99. The smallest absolute Gasteiger partial charge is 0.343 e. The van der Waals surface area contributed by atoms with Gasteiger partial charge in [0.05, 0.1) is 5.57 Å². The number of fused-ring (bicyclic) bond motifs is 1. The normalized spacial score (nSPS) is 17.8. The van der Waals surface area contributed by atoms with Crippen molar-refractivity contribution in [1.29, 1.82) is 0 Å². The van der Waals surface area contributed by atoms with Crippen molar-refractivity contribution in [3.05, 3.63) is 35.9 Å². The van der Waals surface area contributed by atoms with Crippen LogP contribution in [-0.4, -0.2) is 5.97 Å². The Hall–Kier alpha value is -1.57. The van der Waals surface area contributed by atoms with Gasteiger partial charge in [0.2, 0.25) is 0 Å². The lowest BCUT2D eigenvalue weighted by Gasteiger charge is -1.92. The number of esters is 1. The molecule has 2 nitrogen and oxygen atoms in total. The SMILES string of the molecule is C/C=C1/C(=O)Oc2ccccc21. The van der Waals surface area contributed by atoms with Gasteiger partial charge in [-0.05, 0) is 13.0 Å². The molecule has 1 heterocycles. The van der Waals surface area contributed by atoms with Crippen molar-refractivity contribution in [2.24, 2.45) is 0 Å². The monoisotopic (exact) mass is 160 g/mol. The van der Waals surface area contributed by atoms with Crippen LogP contribution in [0.4, 0.5) is 0 Å². The molecular formula is C10H8O2. The number of carbonyl (C=O) groups excluding carboxylic acids is 1. The van der Waals surface area contributed by atoms with E-state index in [9.17, 15) is 4.79 Å². The Balaban J connectivity index is 2.62. The fraction of sp³-hybridized carbons (Fsp3) is 0.100. The third kappa shape index (κ3) is 0.848. The third-order valence-electron chi connectivity index (χ3n) is 1.89. The van der Waals surface area contributed by atoms with Crippen LogP contribution in [0, 0.1) is 0 Å². The molecule has 1 aromatic rings. The molecule has 0 unspecified atom stereocenters. The molecule has 0 spiro atoms. The Kier molecular flexibility index (Phi) is 1.47. The second kappa shape index (κ2) is 2.48. The molecule has 1 aliphatic rings. The standard InChI is InChI=1S/C10H8O2/c1-2-7-8-5-3-4-6-9(8)12-10(7)11/h2-6H,1H3/b7-2+. The van der Waals surface area contributed by atoms with Gasteiger partial charge in [-0.1, -0.05) is 24.3 Å². The largest absolute Gasteiger partial charge is 0.422 e. The predicted molar refractivity (Wildman–Crippen MR) is 45.7 cm³/mol. The molecule has 2 heteroatoms. The van der Waals surface area contributed by atoms with Crippen molar-refractivity contribution >= 4 is 11.5 Å². The Labute approximate surface area is 70.5 Å². The van der Waals surface area contributed by atoms with Gasteiger partial charge in [-0.15, -0.1) is 0 Å². The Morgan fingerprint density at radius 3 is 2.83 bits per heavy atom. The molecule has 60 valence electrons. The van der Waals surface area contributed by atoms with Gasteiger partial charge >= 0.3 is 5.97 Å². The molecule has 0 N–H and O–H groups in total. The molecule has 0 atom stereocenters. The minimum atomic E-state index is -0.251. The molecule has 0 saturated heterocycles. The first-order valence-corrected chi connectivity index (χ1v) is 3.81. The number of rotatable bonds is 0. The second-order valence-electron chi connectivity index (χ2n) is 2.59. The molecule has 1 aliphatic heterocycles. The van der Waals surface area contributed by atoms with E-state index in [0.29, 0.717) is 11.3 Å². The van der Waals surface area contributed by atoms with Gasteiger partial charge in [0.15, 0.2) is 0 Å². The summed E-state index contributed by atoms with van der Waals surface area (Å²) in [5.41, 5.74) is 1.55. The van der Waals surface area contributed by atoms with E-state index in [1.165, 1.54) is 0 Å². The lowest BCUT2D eigenvalue weighted by atomic mass is 10.1. The van der Waals surface area contributed by atoms with Gasteiger partial charge < -0.3 is 4.74 Å². The van der Waals surface area contributed by atoms with Crippen LogP contribution in [0.15, 0.2) is 30.3 Å². The summed E-state index contributed by atoms with van der Waals surface area (Å²) in [6.07, 6.45) is 1.77. The third-order valence-corrected chi connectivity index (χ3v) is 1.89. The number of para-hydroxylation sites is 1. The number of allylic oxidation sites excluding steroid dienone is 1. The highest BCUT2D eigenvalue weighted by molar-refractivity contribution is 6.21. The highest BCUT2D eigenvalue weighted by Gasteiger charge is 2.24. The van der Waals surface area contributed by atoms with Gasteiger partial charge in [-0.3, -0.25) is 0 Å². The summed E-state index contributed by atoms with van der Waals surface area (Å²) in [7, 11) is 0. The van der Waals surface area contributed by atoms with Crippen LogP contribution in [0.3, 0.4) is 0 Å². The van der Waals surface area contributed by atoms with Gasteiger partial charge in [0, 0.05) is 5.56 Å². The molecular weight excluding hydrogens is 152 g/mol. The Morgan fingerprint density at radius 2 is 2.08 bits per heavy atom. The summed E-state index contributed by atoms with van der Waals surface area (Å²) >= 11 is 0. The molecule has 0 amide bonds. The molecule has 0 bridgehead atoms. The van der Waals surface area contributed by atoms with Gasteiger partial charge in [0.1, 0.15) is 5.75 Å². The molecule has 0 aromatic heterocycles. The molecule has 2 rings (SSSR count). The molecule has 0 fully saturated rings. The van der Waals surface area contributed by atoms with Crippen molar-refractivity contribution in [3.63, 3.8) is 0 Å². The van der Waals surface area contributed by atoms with Crippen molar-refractivity contribution < 1.29 is 9.53 Å². The average Bonchev–Trinajstić information content (AvgIpc) is 2.40. The summed E-state index contributed by atoms with van der Waals surface area (Å²) in [5, 5.41) is 0. The second-order valence-corrected chi connectivity index (χ2v) is 2.59. The van der Waals surface area contributed by atoms with Crippen LogP contribution in [0.5, 0.6) is 5.75 Å². The number of ether oxygens (including phenoxy) is 1. The quantitative estimate of drug-likeness (QED) is 0.329. The molecule has 1 aromatic carbocycles. The van der Waals surface area contributed by atoms with E-state index < -0.39 is 0 Å². The Morgan fingerprint density at radius 1 is 1.33 bits per heavy atom. The van der Waals surface area contributed by atoms with Crippen LogP contribution in [-0.2, 0) is 4.79 Å². The average molecular weight is 160 g/mol. The molecule has 0 aliphatic carbocycles. The van der Waals surface area contributed by atoms with E-state index in [2.05, 4.69) is 0 Å². The van der Waals surface area contributed by atoms with Crippen LogP contribution in [0.2, 0.25) is 0 Å². The number of carbonyl (C=O) groups is 1. The van der Waals surface area contributed by atoms with Crippen LogP contribution >= 0.6 is 0 Å². The highest BCUT2D eigenvalue weighted by Crippen LogP contribution is 2.33. The summed E-state index contributed by atoms with van der Waals surface area (Å²) in [6, 6.07) is 7.42. The van der Waals surface area contributed by atoms with Crippen molar-refractivity contribution in [3.8, 4) is 5.75 Å². The van der Waals surface area contributed by atoms with E-state index in [4.69, 9.17) is 4.74 Å². The number of hydrogen-bond acceptors (Lipinski definition) is 2. The van der Waals surface area contributed by atoms with Gasteiger partial charge in [-0.25, -0.2) is 4.79 Å². The van der Waals surface area contributed by atoms with Crippen LogP contribution in [0.25, 0.3) is 5.57 Å². The zero-order valence-electron chi connectivity index (χ0n) is 6.70. The van der Waals surface area contributed by atoms with Crippen LogP contribution in [0.1, 0.15) is 12.5 Å². The maximum Gasteiger partial charge on any atom is 0.343 e. The zero-order valence-corrected chi connectivity index (χ0v) is 6.70. The maximum atomic E-state index is 11.2. The van der Waals surface area contributed by atoms with E-state index in [-0.39, 0.29) is 5.97 Å². The zero-order chi connectivity index (χ0) is 8.55. The highest BCUT2D eigenvalue weighted by atomic mass is 16.5. The minimum Gasteiger partial charge on any atom is -0.422 e. The first-order chi connectivity index (χ1) is 5.83. The van der Waals surface area contributed by atoms with E-state index in [0.717, 1.165) is 5.56 Å². The van der Waals surface area contributed by atoms with Crippen molar-refractivity contribution in [2.45, 2.75) is 6.92 Å².